The van der Waals surface area contributed by atoms with Crippen LogP contribution in [0.1, 0.15) is 140 Å². The van der Waals surface area contributed by atoms with Crippen LogP contribution in [-0.4, -0.2) is 60.8 Å². The van der Waals surface area contributed by atoms with Crippen LogP contribution in [-0.2, 0) is 15.0 Å². The number of hydrogen-bond donors (Lipinski definition) is 0. The van der Waals surface area contributed by atoms with E-state index in [1.807, 2.05) is 26.0 Å². The Morgan fingerprint density at radius 3 is 1.30 bits per heavy atom. The maximum Gasteiger partial charge on any atom is 0.266 e. The maximum atomic E-state index is 13.2. The lowest BCUT2D eigenvalue weighted by Gasteiger charge is -2.33. The molecule has 0 bridgehead atoms. The van der Waals surface area contributed by atoms with Crippen LogP contribution in [0.2, 0.25) is 0 Å². The van der Waals surface area contributed by atoms with Gasteiger partial charge in [0.2, 0.25) is 0 Å². The number of aromatic nitrogens is 4. The molecule has 1 aliphatic carbocycles. The van der Waals surface area contributed by atoms with E-state index in [1.165, 1.54) is 133 Å². The molecule has 14 heteroatoms. The molecular weight excluding hydrogens is 945 g/mol. The van der Waals surface area contributed by atoms with E-state index in [2.05, 4.69) is 74.5 Å². The number of amides is 2. The van der Waals surface area contributed by atoms with Crippen molar-refractivity contribution in [1.82, 2.24) is 27.3 Å². The molecule has 67 heavy (non-hydrogen) atoms. The summed E-state index contributed by atoms with van der Waals surface area (Å²) in [5, 5.41) is 0. The van der Waals surface area contributed by atoms with Crippen LogP contribution < -0.4 is 0 Å². The summed E-state index contributed by atoms with van der Waals surface area (Å²) >= 11 is 16.2. The van der Waals surface area contributed by atoms with Crippen LogP contribution in [0.15, 0.2) is 70.5 Å². The van der Waals surface area contributed by atoms with Gasteiger partial charge in [0.25, 0.3) is 11.8 Å². The van der Waals surface area contributed by atoms with Crippen molar-refractivity contribution in [2.75, 3.05) is 13.1 Å². The highest BCUT2D eigenvalue weighted by molar-refractivity contribution is 8.27. The summed E-state index contributed by atoms with van der Waals surface area (Å²) in [4.78, 5) is 30.9. The van der Waals surface area contributed by atoms with E-state index in [9.17, 15) is 9.59 Å². The Bertz CT molecular complexity index is 2750. The summed E-state index contributed by atoms with van der Waals surface area (Å²) in [6.07, 6.45) is 20.9. The van der Waals surface area contributed by atoms with E-state index in [1.54, 1.807) is 9.80 Å². The molecule has 2 aliphatic heterocycles. The molecule has 2 saturated heterocycles. The Morgan fingerprint density at radius 1 is 0.507 bits per heavy atom. The van der Waals surface area contributed by atoms with Crippen molar-refractivity contribution in [1.29, 1.82) is 0 Å². The van der Waals surface area contributed by atoms with Gasteiger partial charge in [-0.1, -0.05) is 187 Å². The van der Waals surface area contributed by atoms with Gasteiger partial charge in [-0.2, -0.15) is 17.5 Å². The normalized spacial score (nSPS) is 16.8. The van der Waals surface area contributed by atoms with Gasteiger partial charge in [0.1, 0.15) is 30.7 Å². The fraction of sp³-hybridized carbons (Fsp3) is 0.396. The minimum atomic E-state index is -0.187. The first-order valence-electron chi connectivity index (χ1n) is 24.0. The molecule has 0 radical (unpaired) electrons. The van der Waals surface area contributed by atoms with Gasteiger partial charge >= 0.3 is 0 Å². The largest absolute Gasteiger partial charge is 0.293 e. The molecular formula is C53H56N6O2S6. The van der Waals surface area contributed by atoms with Crippen LogP contribution >= 0.6 is 71.4 Å². The molecule has 9 rings (SSSR count). The molecule has 2 aromatic heterocycles. The molecule has 6 aromatic rings. The van der Waals surface area contributed by atoms with E-state index in [0.717, 1.165) is 81.1 Å². The van der Waals surface area contributed by atoms with Crippen LogP contribution in [0, 0.1) is 0 Å². The molecule has 0 N–H and O–H groups in total. The Hall–Kier alpha value is -4.18. The van der Waals surface area contributed by atoms with Crippen molar-refractivity contribution in [3.63, 3.8) is 0 Å². The predicted molar refractivity (Wildman–Crippen MR) is 293 cm³/mol. The molecule has 3 aliphatic rings. The average molecular weight is 1000 g/mol. The van der Waals surface area contributed by atoms with Gasteiger partial charge in [-0.3, -0.25) is 19.4 Å². The summed E-state index contributed by atoms with van der Waals surface area (Å²) in [6.45, 7) is 9.57. The third-order valence-electron chi connectivity index (χ3n) is 13.7. The summed E-state index contributed by atoms with van der Waals surface area (Å²) in [5.74, 6) is -0.113. The molecule has 8 nitrogen and oxygen atoms in total. The number of carbonyl (C=O) groups is 2. The number of nitrogens with zero attached hydrogens (tertiary/aromatic N) is 6. The van der Waals surface area contributed by atoms with Crippen molar-refractivity contribution < 1.29 is 9.59 Å². The Morgan fingerprint density at radius 2 is 0.896 bits per heavy atom. The van der Waals surface area contributed by atoms with Crippen LogP contribution in [0.5, 0.6) is 0 Å². The van der Waals surface area contributed by atoms with Gasteiger partial charge < -0.3 is 0 Å². The molecule has 0 spiro atoms. The Balaban J connectivity index is 1.13. The fourth-order valence-corrected chi connectivity index (χ4v) is 14.1. The van der Waals surface area contributed by atoms with E-state index in [0.29, 0.717) is 31.5 Å². The zero-order chi connectivity index (χ0) is 46.7. The minimum Gasteiger partial charge on any atom is -0.293 e. The third-order valence-corrected chi connectivity index (χ3v) is 17.6. The predicted octanol–water partition coefficient (Wildman–Crippen LogP) is 15.2. The molecule has 0 unspecified atom stereocenters. The average Bonchev–Trinajstić information content (AvgIpc) is 4.17. The fourth-order valence-electron chi connectivity index (χ4n) is 10.2. The molecule has 2 fully saturated rings. The highest BCUT2D eigenvalue weighted by Gasteiger charge is 2.43. The second-order valence-electron chi connectivity index (χ2n) is 17.8. The van der Waals surface area contributed by atoms with Crippen molar-refractivity contribution in [2.24, 2.45) is 0 Å². The number of carbonyl (C=O) groups excluding carboxylic acids is 2. The van der Waals surface area contributed by atoms with E-state index in [-0.39, 0.29) is 17.2 Å². The summed E-state index contributed by atoms with van der Waals surface area (Å²) in [6, 6.07) is 22.7. The van der Waals surface area contributed by atoms with Crippen molar-refractivity contribution in [2.45, 2.75) is 123 Å². The number of thioether (sulfide) groups is 2. The van der Waals surface area contributed by atoms with Gasteiger partial charge in [-0.05, 0) is 84.4 Å². The number of fused-ring (bicyclic) bond motifs is 5. The van der Waals surface area contributed by atoms with Crippen molar-refractivity contribution in [3.05, 3.63) is 92.7 Å². The standard InChI is InChI=1S/C53H56N6O2S6/c1-5-9-11-13-15-17-27-53(28-18-16-14-12-10-6-2)41-29-33(37-23-21-35(45-47(37)56-66-54-45)31-43-49(60)58(7-3)51(62)64-43)19-25-39(41)40-26-20-34(30-42(40)53)38-24-22-36(46-48(38)57-67-55-46)32-44-50(61)59(8-4)52(63)65-44/h19-26,29-32H,5-18,27-28H2,1-4H3. The second-order valence-corrected chi connectivity index (χ2v) is 22.2. The quantitative estimate of drug-likeness (QED) is 0.0418. The van der Waals surface area contributed by atoms with E-state index < -0.39 is 0 Å². The third kappa shape index (κ3) is 9.35. The van der Waals surface area contributed by atoms with Crippen molar-refractivity contribution >= 4 is 126 Å². The number of unbranched alkanes of at least 4 members (excludes halogenated alkanes) is 10. The Kier molecular flexibility index (Phi) is 15.2. The first kappa shape index (κ1) is 47.9. The van der Waals surface area contributed by atoms with E-state index in [4.69, 9.17) is 41.9 Å². The zero-order valence-electron chi connectivity index (χ0n) is 38.7. The summed E-state index contributed by atoms with van der Waals surface area (Å²) in [5.41, 5.74) is 14.6. The molecule has 4 aromatic carbocycles. The summed E-state index contributed by atoms with van der Waals surface area (Å²) in [7, 11) is 0. The second kappa shape index (κ2) is 21.2. The van der Waals surface area contributed by atoms with Gasteiger partial charge in [-0.25, -0.2) is 0 Å². The first-order chi connectivity index (χ1) is 32.7. The highest BCUT2D eigenvalue weighted by Crippen LogP contribution is 2.56. The molecule has 4 heterocycles. The SMILES string of the molecule is CCCCCCCCC1(CCCCCCCC)c2cc(-c3ccc(C=C4SC(=S)N(CC)C4=O)c4nsnc34)ccc2-c2ccc(-c3ccc(C=C4SC(=S)N(CC)C4=O)c4nsnc34)cc21. The van der Waals surface area contributed by atoms with Gasteiger partial charge in [0, 0.05) is 40.8 Å². The van der Waals surface area contributed by atoms with Crippen LogP contribution in [0.3, 0.4) is 0 Å². The Labute approximate surface area is 422 Å². The summed E-state index contributed by atoms with van der Waals surface area (Å²) < 4.78 is 20.5. The molecule has 0 saturated carbocycles. The lowest BCUT2D eigenvalue weighted by molar-refractivity contribution is -0.122. The number of benzene rings is 4. The number of thiocarbonyl (C=S) groups is 2. The number of hydrogen-bond acceptors (Lipinski definition) is 12. The van der Waals surface area contributed by atoms with Gasteiger partial charge in [0.05, 0.1) is 33.3 Å². The van der Waals surface area contributed by atoms with Crippen LogP contribution in [0.25, 0.3) is 67.6 Å². The first-order valence-corrected chi connectivity index (χ1v) is 27.9. The molecule has 346 valence electrons. The van der Waals surface area contributed by atoms with Gasteiger partial charge in [0.15, 0.2) is 0 Å². The lowest BCUT2D eigenvalue weighted by atomic mass is 9.70. The monoisotopic (exact) mass is 1000 g/mol. The molecule has 0 atom stereocenters. The lowest BCUT2D eigenvalue weighted by Crippen LogP contribution is -2.27. The maximum absolute atomic E-state index is 13.2. The minimum absolute atomic E-state index is 0.0565. The molecule has 2 amide bonds. The smallest absolute Gasteiger partial charge is 0.266 e. The van der Waals surface area contributed by atoms with Crippen LogP contribution in [0.4, 0.5) is 0 Å². The number of likely N-dealkylation sites (N-methyl/N-ethyl adjacent to an activating group) is 2. The topological polar surface area (TPSA) is 92.2 Å². The zero-order valence-corrected chi connectivity index (χ0v) is 43.6. The van der Waals surface area contributed by atoms with E-state index >= 15 is 0 Å². The van der Waals surface area contributed by atoms with Gasteiger partial charge in [-0.15, -0.1) is 0 Å². The highest BCUT2D eigenvalue weighted by atomic mass is 32.2. The van der Waals surface area contributed by atoms with Crippen molar-refractivity contribution in [3.8, 4) is 33.4 Å². The number of rotatable bonds is 20.